The van der Waals surface area contributed by atoms with Crippen LogP contribution in [-0.2, 0) is 19.6 Å². The van der Waals surface area contributed by atoms with Gasteiger partial charge in [-0.15, -0.1) is 0 Å². The fourth-order valence-corrected chi connectivity index (χ4v) is 6.94. The fourth-order valence-electron chi connectivity index (χ4n) is 5.62. The first kappa shape index (κ1) is 20.3. The predicted octanol–water partition coefficient (Wildman–Crippen LogP) is 3.65. The summed E-state index contributed by atoms with van der Waals surface area (Å²) in [5.74, 6) is -0.0140. The molecule has 2 aliphatic carbocycles. The van der Waals surface area contributed by atoms with Gasteiger partial charge in [0.15, 0.2) is 0 Å². The molecule has 3 fully saturated rings. The zero-order chi connectivity index (χ0) is 22.9. The number of hydrogen-bond acceptors (Lipinski definition) is 7. The van der Waals surface area contributed by atoms with Gasteiger partial charge >= 0.3 is 5.97 Å². The van der Waals surface area contributed by atoms with E-state index < -0.39 is 15.8 Å². The number of carbonyl (C=O) groups is 1. The number of anilines is 1. The van der Waals surface area contributed by atoms with E-state index in [4.69, 9.17) is 9.26 Å². The number of rotatable bonds is 5. The van der Waals surface area contributed by atoms with Gasteiger partial charge in [0.05, 0.1) is 22.4 Å². The number of esters is 1. The van der Waals surface area contributed by atoms with E-state index in [9.17, 15) is 17.6 Å². The summed E-state index contributed by atoms with van der Waals surface area (Å²) in [5, 5.41) is 4.07. The third kappa shape index (κ3) is 3.23. The molecule has 6 rings (SSSR count). The van der Waals surface area contributed by atoms with Crippen LogP contribution in [-0.4, -0.2) is 30.6 Å². The van der Waals surface area contributed by atoms with Crippen molar-refractivity contribution in [2.75, 3.05) is 4.72 Å². The summed E-state index contributed by atoms with van der Waals surface area (Å²) in [5.41, 5.74) is 1.10. The van der Waals surface area contributed by atoms with E-state index in [1.54, 1.807) is 19.1 Å². The minimum Gasteiger partial charge on any atom is -0.462 e. The van der Waals surface area contributed by atoms with Crippen LogP contribution in [0.4, 0.5) is 10.1 Å². The lowest BCUT2D eigenvalue weighted by atomic mass is 9.80. The number of halogens is 1. The van der Waals surface area contributed by atoms with Gasteiger partial charge in [-0.1, -0.05) is 23.4 Å². The molecular weight excluding hydrogens is 449 g/mol. The molecule has 1 aliphatic heterocycles. The van der Waals surface area contributed by atoms with E-state index in [1.807, 2.05) is 0 Å². The van der Waals surface area contributed by atoms with E-state index in [0.717, 1.165) is 18.9 Å². The second kappa shape index (κ2) is 7.11. The van der Waals surface area contributed by atoms with Crippen LogP contribution in [0.5, 0.6) is 0 Å². The molecule has 1 saturated heterocycles. The van der Waals surface area contributed by atoms with Crippen LogP contribution in [0.15, 0.2) is 51.9 Å². The number of carbonyl (C=O) groups excluding carboxylic acids is 1. The minimum absolute atomic E-state index is 0.0154. The van der Waals surface area contributed by atoms with Gasteiger partial charge in [0.2, 0.25) is 11.7 Å². The highest BCUT2D eigenvalue weighted by molar-refractivity contribution is 7.92. The monoisotopic (exact) mass is 469 g/mol. The molecule has 5 atom stereocenters. The smallest absolute Gasteiger partial charge is 0.310 e. The van der Waals surface area contributed by atoms with Gasteiger partial charge in [-0.2, -0.15) is 4.98 Å². The standard InChI is InChI=1S/C23H20FN3O5S/c1-11-5-6-12(9-18(11)33(29,30)27-15-4-2-3-14(24)10-15)21-25-22(32-26-21)19-13-7-16-17(8-13)31-23(28)20(16)19/h2-6,9-10,13,16-17,19-20,27H,7-8H2,1H3/t13-,16+,17-,19-,20+/m1/s1. The Hall–Kier alpha value is -3.27. The molecule has 0 amide bonds. The van der Waals surface area contributed by atoms with Gasteiger partial charge in [0.25, 0.3) is 10.0 Å². The van der Waals surface area contributed by atoms with Crippen LogP contribution in [0.1, 0.15) is 30.2 Å². The molecule has 0 unspecified atom stereocenters. The second-order valence-corrected chi connectivity index (χ2v) is 10.6. The third-order valence-electron chi connectivity index (χ3n) is 7.02. The molecule has 8 nitrogen and oxygen atoms in total. The van der Waals surface area contributed by atoms with Gasteiger partial charge in [-0.25, -0.2) is 12.8 Å². The maximum atomic E-state index is 13.5. The molecular formula is C23H20FN3O5S. The topological polar surface area (TPSA) is 111 Å². The lowest BCUT2D eigenvalue weighted by Gasteiger charge is -2.20. The largest absolute Gasteiger partial charge is 0.462 e. The highest BCUT2D eigenvalue weighted by Gasteiger charge is 2.63. The van der Waals surface area contributed by atoms with Crippen molar-refractivity contribution in [3.8, 4) is 11.4 Å². The molecule has 33 heavy (non-hydrogen) atoms. The third-order valence-corrected chi connectivity index (χ3v) is 8.55. The normalized spacial score (nSPS) is 27.7. The Balaban J connectivity index is 1.31. The van der Waals surface area contributed by atoms with Crippen molar-refractivity contribution in [2.24, 2.45) is 17.8 Å². The first-order valence-corrected chi connectivity index (χ1v) is 12.2. The highest BCUT2D eigenvalue weighted by atomic mass is 32.2. The molecule has 3 aliphatic rings. The Morgan fingerprint density at radius 2 is 1.97 bits per heavy atom. The summed E-state index contributed by atoms with van der Waals surface area (Å²) in [6.07, 6.45) is 1.75. The SMILES string of the molecule is Cc1ccc(-c2noc([C@@H]3[C@@H]4C[C@@H]5[C@@H]3C(=O)O[C@@H]5C4)n2)cc1S(=O)(=O)Nc1cccc(F)c1. The molecule has 0 spiro atoms. The number of nitrogens with zero attached hydrogens (tertiary/aromatic N) is 2. The Labute approximate surface area is 189 Å². The number of fused-ring (bicyclic) bond motifs is 1. The lowest BCUT2D eigenvalue weighted by molar-refractivity contribution is -0.143. The second-order valence-electron chi connectivity index (χ2n) is 8.97. The number of ether oxygens (including phenoxy) is 1. The zero-order valence-electron chi connectivity index (χ0n) is 17.6. The van der Waals surface area contributed by atoms with Gasteiger partial charge in [0.1, 0.15) is 11.9 Å². The summed E-state index contributed by atoms with van der Waals surface area (Å²) < 4.78 is 52.9. The van der Waals surface area contributed by atoms with E-state index >= 15 is 0 Å². The van der Waals surface area contributed by atoms with Gasteiger partial charge in [0, 0.05) is 11.5 Å². The van der Waals surface area contributed by atoms with Crippen molar-refractivity contribution in [2.45, 2.75) is 36.7 Å². The molecule has 1 N–H and O–H groups in total. The molecule has 2 heterocycles. The van der Waals surface area contributed by atoms with Crippen molar-refractivity contribution >= 4 is 21.7 Å². The van der Waals surface area contributed by atoms with Crippen LogP contribution in [0, 0.1) is 30.5 Å². The summed E-state index contributed by atoms with van der Waals surface area (Å²) in [4.78, 5) is 16.9. The maximum absolute atomic E-state index is 13.5. The number of benzene rings is 2. The number of aromatic nitrogens is 2. The predicted molar refractivity (Wildman–Crippen MR) is 114 cm³/mol. The van der Waals surface area contributed by atoms with Crippen LogP contribution in [0.3, 0.4) is 0 Å². The number of aryl methyl sites for hydroxylation is 1. The Morgan fingerprint density at radius 1 is 1.12 bits per heavy atom. The maximum Gasteiger partial charge on any atom is 0.310 e. The molecule has 1 aromatic heterocycles. The van der Waals surface area contributed by atoms with Crippen molar-refractivity contribution in [1.82, 2.24) is 10.1 Å². The lowest BCUT2D eigenvalue weighted by Crippen LogP contribution is -2.24. The van der Waals surface area contributed by atoms with E-state index in [-0.39, 0.29) is 52.2 Å². The number of sulfonamides is 1. The molecule has 3 aromatic rings. The van der Waals surface area contributed by atoms with Gasteiger partial charge in [-0.05, 0) is 55.5 Å². The Kier molecular flexibility index (Phi) is 4.39. The van der Waals surface area contributed by atoms with Crippen LogP contribution in [0.2, 0.25) is 0 Å². The van der Waals surface area contributed by atoms with Crippen molar-refractivity contribution < 1.29 is 26.9 Å². The van der Waals surface area contributed by atoms with Crippen molar-refractivity contribution in [1.29, 1.82) is 0 Å². The van der Waals surface area contributed by atoms with E-state index in [1.165, 1.54) is 24.3 Å². The molecule has 2 aromatic carbocycles. The van der Waals surface area contributed by atoms with Crippen molar-refractivity contribution in [3.05, 3.63) is 59.7 Å². The first-order valence-electron chi connectivity index (χ1n) is 10.7. The molecule has 0 radical (unpaired) electrons. The quantitative estimate of drug-likeness (QED) is 0.568. The molecule has 2 bridgehead atoms. The minimum atomic E-state index is -3.99. The summed E-state index contributed by atoms with van der Waals surface area (Å²) in [6.45, 7) is 1.67. The summed E-state index contributed by atoms with van der Waals surface area (Å²) in [7, 11) is -3.99. The Morgan fingerprint density at radius 3 is 2.79 bits per heavy atom. The summed E-state index contributed by atoms with van der Waals surface area (Å²) in [6, 6.07) is 10.1. The Bertz CT molecular complexity index is 1390. The first-order chi connectivity index (χ1) is 15.8. The van der Waals surface area contributed by atoms with Crippen molar-refractivity contribution in [3.63, 3.8) is 0 Å². The number of nitrogens with one attached hydrogen (secondary N) is 1. The average molecular weight is 469 g/mol. The summed E-state index contributed by atoms with van der Waals surface area (Å²) >= 11 is 0. The van der Waals surface area contributed by atoms with Gasteiger partial charge < -0.3 is 9.26 Å². The van der Waals surface area contributed by atoms with Crippen LogP contribution >= 0.6 is 0 Å². The van der Waals surface area contributed by atoms with Crippen LogP contribution < -0.4 is 4.72 Å². The van der Waals surface area contributed by atoms with E-state index in [0.29, 0.717) is 17.0 Å². The highest BCUT2D eigenvalue weighted by Crippen LogP contribution is 2.61. The zero-order valence-corrected chi connectivity index (χ0v) is 18.4. The van der Waals surface area contributed by atoms with Gasteiger partial charge in [-0.3, -0.25) is 9.52 Å². The van der Waals surface area contributed by atoms with E-state index in [2.05, 4.69) is 14.9 Å². The average Bonchev–Trinajstić information content (AvgIpc) is 3.50. The molecule has 170 valence electrons. The fraction of sp³-hybridized carbons (Fsp3) is 0.348. The molecule has 10 heteroatoms. The molecule has 2 saturated carbocycles. The number of hydrogen-bond donors (Lipinski definition) is 1. The van der Waals surface area contributed by atoms with Crippen LogP contribution in [0.25, 0.3) is 11.4 Å².